The molecule has 0 saturated carbocycles. The molecule has 0 amide bonds. The van der Waals surface area contributed by atoms with E-state index in [0.29, 0.717) is 46.3 Å². The molecular formula is C21H19FN6O. The number of nitrogens with one attached hydrogen (secondary N) is 1. The minimum Gasteiger partial charge on any atom is -0.457 e. The van der Waals surface area contributed by atoms with Crippen molar-refractivity contribution in [3.05, 3.63) is 60.7 Å². The molecule has 0 bridgehead atoms. The molecule has 3 heterocycles. The van der Waals surface area contributed by atoms with Crippen molar-refractivity contribution in [3.63, 3.8) is 0 Å². The Morgan fingerprint density at radius 1 is 1.10 bits per heavy atom. The van der Waals surface area contributed by atoms with Crippen LogP contribution in [0.5, 0.6) is 11.5 Å². The first-order chi connectivity index (χ1) is 14.2. The summed E-state index contributed by atoms with van der Waals surface area (Å²) in [6, 6.07) is 14.1. The molecule has 0 radical (unpaired) electrons. The average molecular weight is 390 g/mol. The second-order valence-corrected chi connectivity index (χ2v) is 7.07. The number of halogens is 1. The van der Waals surface area contributed by atoms with Gasteiger partial charge in [0.05, 0.1) is 11.1 Å². The summed E-state index contributed by atoms with van der Waals surface area (Å²) >= 11 is 0. The van der Waals surface area contributed by atoms with Crippen molar-refractivity contribution >= 4 is 16.9 Å². The third-order valence-electron chi connectivity index (χ3n) is 5.04. The Labute approximate surface area is 166 Å². The Kier molecular flexibility index (Phi) is 4.33. The first-order valence-electron chi connectivity index (χ1n) is 9.39. The molecular weight excluding hydrogens is 371 g/mol. The first kappa shape index (κ1) is 17.6. The minimum atomic E-state index is -0.420. The lowest BCUT2D eigenvalue weighted by atomic mass is 10.0. The van der Waals surface area contributed by atoms with E-state index in [1.165, 1.54) is 12.4 Å². The maximum atomic E-state index is 15.2. The van der Waals surface area contributed by atoms with E-state index in [-0.39, 0.29) is 5.82 Å². The molecule has 1 aliphatic rings. The highest BCUT2D eigenvalue weighted by Gasteiger charge is 2.24. The molecule has 0 atom stereocenters. The van der Waals surface area contributed by atoms with Gasteiger partial charge >= 0.3 is 0 Å². The van der Waals surface area contributed by atoms with E-state index in [4.69, 9.17) is 10.5 Å². The number of hydrogen-bond acceptors (Lipinski definition) is 6. The summed E-state index contributed by atoms with van der Waals surface area (Å²) < 4.78 is 22.7. The highest BCUT2D eigenvalue weighted by molar-refractivity contribution is 5.98. The number of para-hydroxylation sites is 1. The summed E-state index contributed by atoms with van der Waals surface area (Å²) in [6.07, 6.45) is 1.37. The molecule has 8 heteroatoms. The molecule has 3 N–H and O–H groups in total. The molecule has 29 heavy (non-hydrogen) atoms. The van der Waals surface area contributed by atoms with E-state index in [2.05, 4.69) is 20.4 Å². The summed E-state index contributed by atoms with van der Waals surface area (Å²) in [6.45, 7) is 2.46. The van der Waals surface area contributed by atoms with Crippen LogP contribution in [0.1, 0.15) is 0 Å². The summed E-state index contributed by atoms with van der Waals surface area (Å²) in [5.41, 5.74) is 7.55. The van der Waals surface area contributed by atoms with Crippen LogP contribution in [0.2, 0.25) is 0 Å². The maximum Gasteiger partial charge on any atom is 0.187 e. The lowest BCUT2D eigenvalue weighted by molar-refractivity contribution is 0.297. The van der Waals surface area contributed by atoms with Gasteiger partial charge in [0.2, 0.25) is 0 Å². The van der Waals surface area contributed by atoms with Crippen molar-refractivity contribution in [2.45, 2.75) is 6.54 Å². The number of nitrogens with zero attached hydrogens (tertiary/aromatic N) is 4. The molecule has 2 aromatic carbocycles. The average Bonchev–Trinajstić information content (AvgIpc) is 3.05. The fourth-order valence-corrected chi connectivity index (χ4v) is 3.49. The molecule has 1 aliphatic heterocycles. The first-order valence-corrected chi connectivity index (χ1v) is 9.39. The van der Waals surface area contributed by atoms with Crippen molar-refractivity contribution in [2.75, 3.05) is 18.8 Å². The van der Waals surface area contributed by atoms with Crippen LogP contribution in [0.25, 0.3) is 22.3 Å². The number of nitrogens with two attached hydrogens (primary N) is 1. The number of ether oxygens (including phenoxy) is 1. The number of aromatic nitrogens is 4. The minimum absolute atomic E-state index is 0.284. The van der Waals surface area contributed by atoms with Crippen molar-refractivity contribution in [1.29, 1.82) is 0 Å². The third-order valence-corrected chi connectivity index (χ3v) is 5.04. The fourth-order valence-electron chi connectivity index (χ4n) is 3.49. The zero-order chi connectivity index (χ0) is 19.8. The lowest BCUT2D eigenvalue weighted by Gasteiger charge is -2.27. The van der Waals surface area contributed by atoms with Gasteiger partial charge in [-0.3, -0.25) is 4.68 Å². The van der Waals surface area contributed by atoms with Crippen molar-refractivity contribution in [2.24, 2.45) is 5.92 Å². The molecule has 4 aromatic rings. The molecule has 1 fully saturated rings. The summed E-state index contributed by atoms with van der Waals surface area (Å²) in [7, 11) is 0. The van der Waals surface area contributed by atoms with Gasteiger partial charge in [-0.05, 0) is 24.3 Å². The van der Waals surface area contributed by atoms with Gasteiger partial charge in [0, 0.05) is 37.2 Å². The van der Waals surface area contributed by atoms with Crippen LogP contribution >= 0.6 is 0 Å². The highest BCUT2D eigenvalue weighted by Crippen LogP contribution is 2.35. The van der Waals surface area contributed by atoms with E-state index in [1.807, 2.05) is 30.3 Å². The Bertz CT molecular complexity index is 1170. The largest absolute Gasteiger partial charge is 0.457 e. The van der Waals surface area contributed by atoms with E-state index in [1.54, 1.807) is 16.8 Å². The SMILES string of the molecule is Nc1ncnc2nn(CC3CNC3)c(-c3ccc(Oc4ccccc4)cc3F)c12. The molecule has 0 aliphatic carbocycles. The topological polar surface area (TPSA) is 90.9 Å². The summed E-state index contributed by atoms with van der Waals surface area (Å²) in [5.74, 6) is 1.36. The van der Waals surface area contributed by atoms with Gasteiger partial charge < -0.3 is 15.8 Å². The molecule has 2 aromatic heterocycles. The number of hydrogen-bond donors (Lipinski definition) is 2. The van der Waals surface area contributed by atoms with Crippen LogP contribution in [0, 0.1) is 11.7 Å². The van der Waals surface area contributed by atoms with Crippen LogP contribution in [0.4, 0.5) is 10.2 Å². The number of nitrogen functional groups attached to an aromatic ring is 1. The molecule has 0 unspecified atom stereocenters. The zero-order valence-electron chi connectivity index (χ0n) is 15.5. The predicted octanol–water partition coefficient (Wildman–Crippen LogP) is 3.23. The predicted molar refractivity (Wildman–Crippen MR) is 108 cm³/mol. The molecule has 7 nitrogen and oxygen atoms in total. The number of benzene rings is 2. The third kappa shape index (κ3) is 3.27. The molecule has 0 spiro atoms. The Balaban J connectivity index is 1.58. The van der Waals surface area contributed by atoms with Gasteiger partial charge in [-0.25, -0.2) is 14.4 Å². The number of fused-ring (bicyclic) bond motifs is 1. The second-order valence-electron chi connectivity index (χ2n) is 7.07. The smallest absolute Gasteiger partial charge is 0.187 e. The van der Waals surface area contributed by atoms with Gasteiger partial charge in [0.15, 0.2) is 5.65 Å². The van der Waals surface area contributed by atoms with Gasteiger partial charge in [-0.1, -0.05) is 18.2 Å². The lowest BCUT2D eigenvalue weighted by Crippen LogP contribution is -2.44. The summed E-state index contributed by atoms with van der Waals surface area (Å²) in [5, 5.41) is 8.37. The highest BCUT2D eigenvalue weighted by atomic mass is 19.1. The monoisotopic (exact) mass is 390 g/mol. The van der Waals surface area contributed by atoms with Gasteiger partial charge in [0.25, 0.3) is 0 Å². The van der Waals surface area contributed by atoms with E-state index in [0.717, 1.165) is 13.1 Å². The van der Waals surface area contributed by atoms with Crippen LogP contribution in [0.15, 0.2) is 54.9 Å². The Morgan fingerprint density at radius 2 is 1.93 bits per heavy atom. The quantitative estimate of drug-likeness (QED) is 0.544. The van der Waals surface area contributed by atoms with E-state index < -0.39 is 5.82 Å². The van der Waals surface area contributed by atoms with Crippen molar-refractivity contribution < 1.29 is 9.13 Å². The van der Waals surface area contributed by atoms with Crippen molar-refractivity contribution in [3.8, 4) is 22.8 Å². The number of anilines is 1. The zero-order valence-corrected chi connectivity index (χ0v) is 15.5. The maximum absolute atomic E-state index is 15.2. The van der Waals surface area contributed by atoms with E-state index in [9.17, 15) is 0 Å². The summed E-state index contributed by atoms with van der Waals surface area (Å²) in [4.78, 5) is 8.29. The molecule has 1 saturated heterocycles. The standard InChI is InChI=1S/C21H19FN6O/c22-17-8-15(29-14-4-2-1-3-5-14)6-7-16(17)19-18-20(23)25-12-26-21(18)27-28(19)11-13-9-24-10-13/h1-8,12-13,24H,9-11H2,(H2,23,25,26,27). The van der Waals surface area contributed by atoms with Crippen LogP contribution in [-0.4, -0.2) is 32.8 Å². The normalized spacial score (nSPS) is 14.1. The van der Waals surface area contributed by atoms with Gasteiger partial charge in [0.1, 0.15) is 29.5 Å². The number of rotatable bonds is 5. The molecule has 5 rings (SSSR count). The fraction of sp³-hybridized carbons (Fsp3) is 0.190. The Hall–Kier alpha value is -3.52. The Morgan fingerprint density at radius 3 is 2.66 bits per heavy atom. The van der Waals surface area contributed by atoms with Gasteiger partial charge in [-0.15, -0.1) is 0 Å². The van der Waals surface area contributed by atoms with Gasteiger partial charge in [-0.2, -0.15) is 5.10 Å². The van der Waals surface area contributed by atoms with Crippen LogP contribution in [0.3, 0.4) is 0 Å². The van der Waals surface area contributed by atoms with Crippen LogP contribution < -0.4 is 15.8 Å². The van der Waals surface area contributed by atoms with E-state index >= 15 is 4.39 Å². The van der Waals surface area contributed by atoms with Crippen LogP contribution in [-0.2, 0) is 6.54 Å². The second kappa shape index (κ2) is 7.14. The molecule has 146 valence electrons. The van der Waals surface area contributed by atoms with Crippen molar-refractivity contribution in [1.82, 2.24) is 25.1 Å².